The minimum atomic E-state index is 0.506. The summed E-state index contributed by atoms with van der Waals surface area (Å²) in [6.45, 7) is 8.93. The Morgan fingerprint density at radius 2 is 1.87 bits per heavy atom. The number of hydrogen-bond acceptors (Lipinski definition) is 2. The van der Waals surface area contributed by atoms with Crippen molar-refractivity contribution in [2.24, 2.45) is 0 Å². The molecule has 0 atom stereocenters. The molecule has 2 heteroatoms. The molecule has 2 aromatic rings. The predicted molar refractivity (Wildman–Crippen MR) is 67.8 cm³/mol. The number of rotatable bonds is 2. The van der Waals surface area contributed by atoms with Crippen LogP contribution in [0.1, 0.15) is 50.8 Å². The Balaban J connectivity index is 2.75. The quantitative estimate of drug-likeness (QED) is 0.722. The van der Waals surface area contributed by atoms with E-state index in [4.69, 9.17) is 0 Å². The number of thiophene rings is 1. The average molecular weight is 219 g/mol. The van der Waals surface area contributed by atoms with Gasteiger partial charge in [-0.2, -0.15) is 0 Å². The second kappa shape index (κ2) is 3.93. The van der Waals surface area contributed by atoms with E-state index in [1.165, 1.54) is 21.3 Å². The highest BCUT2D eigenvalue weighted by Gasteiger charge is 2.15. The molecule has 0 spiro atoms. The van der Waals surface area contributed by atoms with Crippen LogP contribution in [0, 0.1) is 0 Å². The van der Waals surface area contributed by atoms with Gasteiger partial charge in [0.15, 0.2) is 0 Å². The van der Waals surface area contributed by atoms with E-state index in [1.807, 2.05) is 6.20 Å². The maximum absolute atomic E-state index is 4.61. The van der Waals surface area contributed by atoms with Crippen molar-refractivity contribution in [3.8, 4) is 0 Å². The van der Waals surface area contributed by atoms with Crippen molar-refractivity contribution in [2.45, 2.75) is 39.5 Å². The van der Waals surface area contributed by atoms with Gasteiger partial charge in [-0.25, -0.2) is 0 Å². The minimum absolute atomic E-state index is 0.506. The van der Waals surface area contributed by atoms with Crippen LogP contribution >= 0.6 is 11.3 Å². The first-order valence-electron chi connectivity index (χ1n) is 5.47. The first-order valence-corrected chi connectivity index (χ1v) is 6.35. The molecule has 0 bridgehead atoms. The van der Waals surface area contributed by atoms with Gasteiger partial charge >= 0.3 is 0 Å². The van der Waals surface area contributed by atoms with Gasteiger partial charge in [-0.3, -0.25) is 4.98 Å². The summed E-state index contributed by atoms with van der Waals surface area (Å²) in [7, 11) is 0. The van der Waals surface area contributed by atoms with Gasteiger partial charge in [0, 0.05) is 11.9 Å². The van der Waals surface area contributed by atoms with E-state index in [2.05, 4.69) is 44.1 Å². The Bertz CT molecular complexity index is 468. The van der Waals surface area contributed by atoms with Crippen LogP contribution in [0.25, 0.3) is 10.1 Å². The van der Waals surface area contributed by atoms with E-state index in [0.717, 1.165) is 0 Å². The Morgan fingerprint density at radius 3 is 2.47 bits per heavy atom. The van der Waals surface area contributed by atoms with Crippen LogP contribution in [0.3, 0.4) is 0 Å². The largest absolute Gasteiger partial charge is 0.259 e. The lowest BCUT2D eigenvalue weighted by Gasteiger charge is -2.15. The number of hydrogen-bond donors (Lipinski definition) is 0. The summed E-state index contributed by atoms with van der Waals surface area (Å²) in [5.41, 5.74) is 2.69. The second-order valence-corrected chi connectivity index (χ2v) is 5.51. The molecule has 0 saturated carbocycles. The fourth-order valence-electron chi connectivity index (χ4n) is 2.05. The zero-order valence-electron chi connectivity index (χ0n) is 9.74. The van der Waals surface area contributed by atoms with Crippen molar-refractivity contribution in [2.75, 3.05) is 0 Å². The molecule has 1 nitrogen and oxygen atoms in total. The van der Waals surface area contributed by atoms with Crippen molar-refractivity contribution in [3.63, 3.8) is 0 Å². The molecule has 0 unspecified atom stereocenters. The Hall–Kier alpha value is -0.890. The standard InChI is InChI=1S/C13H17NS/c1-8(2)12-10-5-6-15-11(10)7-14-13(12)9(3)4/h5-9H,1-4H3. The van der Waals surface area contributed by atoms with Gasteiger partial charge in [0.2, 0.25) is 0 Å². The third-order valence-corrected chi connectivity index (χ3v) is 3.56. The molecular formula is C13H17NS. The number of nitrogens with zero attached hydrogens (tertiary/aromatic N) is 1. The second-order valence-electron chi connectivity index (χ2n) is 4.57. The van der Waals surface area contributed by atoms with E-state index in [0.29, 0.717) is 11.8 Å². The molecule has 80 valence electrons. The maximum atomic E-state index is 4.61. The third kappa shape index (κ3) is 1.78. The van der Waals surface area contributed by atoms with Crippen molar-refractivity contribution in [1.82, 2.24) is 4.98 Å². The van der Waals surface area contributed by atoms with Crippen molar-refractivity contribution in [3.05, 3.63) is 28.9 Å². The van der Waals surface area contributed by atoms with E-state index in [-0.39, 0.29) is 0 Å². The molecule has 0 aliphatic heterocycles. The highest BCUT2D eigenvalue weighted by atomic mass is 32.1. The number of aromatic nitrogens is 1. The molecule has 0 amide bonds. The van der Waals surface area contributed by atoms with Crippen molar-refractivity contribution >= 4 is 21.4 Å². The van der Waals surface area contributed by atoms with Gasteiger partial charge < -0.3 is 0 Å². The fraction of sp³-hybridized carbons (Fsp3) is 0.462. The van der Waals surface area contributed by atoms with Crippen molar-refractivity contribution in [1.29, 1.82) is 0 Å². The number of pyridine rings is 1. The molecule has 2 rings (SSSR count). The Kier molecular flexibility index (Phi) is 2.79. The molecule has 0 saturated heterocycles. The Labute approximate surface area is 95.2 Å². The van der Waals surface area contributed by atoms with Gasteiger partial charge in [-0.05, 0) is 34.2 Å². The molecule has 0 radical (unpaired) electrons. The van der Waals surface area contributed by atoms with Gasteiger partial charge in [-0.15, -0.1) is 11.3 Å². The SMILES string of the molecule is CC(C)c1ncc2sccc2c1C(C)C. The predicted octanol–water partition coefficient (Wildman–Crippen LogP) is 4.54. The Morgan fingerprint density at radius 1 is 1.13 bits per heavy atom. The normalized spacial score (nSPS) is 11.9. The summed E-state index contributed by atoms with van der Waals surface area (Å²) in [5, 5.41) is 3.55. The molecule has 0 N–H and O–H groups in total. The lowest BCUT2D eigenvalue weighted by atomic mass is 9.93. The van der Waals surface area contributed by atoms with Gasteiger partial charge in [0.1, 0.15) is 0 Å². The maximum Gasteiger partial charge on any atom is 0.0529 e. The highest BCUT2D eigenvalue weighted by Crippen LogP contribution is 2.33. The summed E-state index contributed by atoms with van der Waals surface area (Å²) in [6, 6.07) is 2.23. The molecule has 0 fully saturated rings. The molecule has 2 aromatic heterocycles. The van der Waals surface area contributed by atoms with Crippen LogP contribution in [-0.2, 0) is 0 Å². The average Bonchev–Trinajstić information content (AvgIpc) is 2.62. The summed E-state index contributed by atoms with van der Waals surface area (Å²) < 4.78 is 1.31. The van der Waals surface area contributed by atoms with Crippen LogP contribution in [0.4, 0.5) is 0 Å². The van der Waals surface area contributed by atoms with Crippen LogP contribution in [-0.4, -0.2) is 4.98 Å². The molecular weight excluding hydrogens is 202 g/mol. The van der Waals surface area contributed by atoms with Crippen LogP contribution in [0.15, 0.2) is 17.6 Å². The van der Waals surface area contributed by atoms with Crippen LogP contribution in [0.2, 0.25) is 0 Å². The number of fused-ring (bicyclic) bond motifs is 1. The van der Waals surface area contributed by atoms with Gasteiger partial charge in [0.05, 0.1) is 4.70 Å². The minimum Gasteiger partial charge on any atom is -0.259 e. The summed E-state index contributed by atoms with van der Waals surface area (Å²) in [4.78, 5) is 4.61. The zero-order valence-corrected chi connectivity index (χ0v) is 10.6. The monoisotopic (exact) mass is 219 g/mol. The summed E-state index contributed by atoms with van der Waals surface area (Å²) in [5.74, 6) is 1.06. The highest BCUT2D eigenvalue weighted by molar-refractivity contribution is 7.17. The topological polar surface area (TPSA) is 12.9 Å². The molecule has 0 aromatic carbocycles. The van der Waals surface area contributed by atoms with Crippen LogP contribution in [0.5, 0.6) is 0 Å². The van der Waals surface area contributed by atoms with Crippen molar-refractivity contribution < 1.29 is 0 Å². The van der Waals surface area contributed by atoms with Gasteiger partial charge in [0.25, 0.3) is 0 Å². The smallest absolute Gasteiger partial charge is 0.0529 e. The lowest BCUT2D eigenvalue weighted by molar-refractivity contribution is 0.766. The molecule has 0 aliphatic rings. The van der Waals surface area contributed by atoms with E-state index >= 15 is 0 Å². The van der Waals surface area contributed by atoms with E-state index in [9.17, 15) is 0 Å². The fourth-order valence-corrected chi connectivity index (χ4v) is 2.82. The lowest BCUT2D eigenvalue weighted by Crippen LogP contribution is -2.01. The summed E-state index contributed by atoms with van der Waals surface area (Å²) in [6.07, 6.45) is 2.02. The van der Waals surface area contributed by atoms with Crippen LogP contribution < -0.4 is 0 Å². The molecule has 15 heavy (non-hydrogen) atoms. The summed E-state index contributed by atoms with van der Waals surface area (Å²) >= 11 is 1.78. The van der Waals surface area contributed by atoms with E-state index < -0.39 is 0 Å². The molecule has 2 heterocycles. The third-order valence-electron chi connectivity index (χ3n) is 2.71. The first kappa shape index (κ1) is 10.6. The zero-order chi connectivity index (χ0) is 11.0. The first-order chi connectivity index (χ1) is 7.11. The van der Waals surface area contributed by atoms with E-state index in [1.54, 1.807) is 11.3 Å². The van der Waals surface area contributed by atoms with Gasteiger partial charge in [-0.1, -0.05) is 27.7 Å². The molecule has 0 aliphatic carbocycles.